The highest BCUT2D eigenvalue weighted by Crippen LogP contribution is 2.29. The average molecular weight is 247 g/mol. The number of carbonyl (C=O) groups excluding carboxylic acids is 1. The Bertz CT molecular complexity index is 411. The van der Waals surface area contributed by atoms with Crippen molar-refractivity contribution in [1.82, 2.24) is 0 Å². The van der Waals surface area contributed by atoms with Gasteiger partial charge in [0.05, 0.1) is 6.10 Å². The molecule has 1 aliphatic rings. The zero-order chi connectivity index (χ0) is 11.8. The van der Waals surface area contributed by atoms with Gasteiger partial charge < -0.3 is 4.74 Å². The van der Waals surface area contributed by atoms with E-state index in [1.165, 1.54) is 18.2 Å². The van der Waals surface area contributed by atoms with Crippen LogP contribution in [-0.2, 0) is 0 Å². The quantitative estimate of drug-likeness (QED) is 0.602. The molecule has 0 aliphatic heterocycles. The molecule has 0 saturated heterocycles. The third-order valence-electron chi connectivity index (χ3n) is 2.18. The first-order chi connectivity index (χ1) is 7.47. The standard InChI is InChI=1S/C11H9ClF2O2/c12-11(13,14)10(15)7-2-1-3-9(6-7)16-8-4-5-8/h1-3,6,8H,4-5H2. The van der Waals surface area contributed by atoms with Gasteiger partial charge in [-0.15, -0.1) is 0 Å². The molecule has 16 heavy (non-hydrogen) atoms. The summed E-state index contributed by atoms with van der Waals surface area (Å²) in [7, 11) is 0. The van der Waals surface area contributed by atoms with Gasteiger partial charge in [-0.25, -0.2) is 0 Å². The lowest BCUT2D eigenvalue weighted by Gasteiger charge is -2.08. The minimum atomic E-state index is -3.86. The van der Waals surface area contributed by atoms with E-state index >= 15 is 0 Å². The molecule has 1 saturated carbocycles. The third-order valence-corrected chi connectivity index (χ3v) is 2.35. The zero-order valence-corrected chi connectivity index (χ0v) is 9.01. The van der Waals surface area contributed by atoms with E-state index in [9.17, 15) is 13.6 Å². The molecule has 5 heteroatoms. The maximum absolute atomic E-state index is 12.6. The van der Waals surface area contributed by atoms with Crippen molar-refractivity contribution in [2.75, 3.05) is 0 Å². The Morgan fingerprint density at radius 1 is 1.44 bits per heavy atom. The van der Waals surface area contributed by atoms with Crippen LogP contribution in [0, 0.1) is 0 Å². The van der Waals surface area contributed by atoms with Crippen molar-refractivity contribution in [3.05, 3.63) is 29.8 Å². The van der Waals surface area contributed by atoms with Crippen molar-refractivity contribution < 1.29 is 18.3 Å². The molecule has 0 atom stereocenters. The van der Waals surface area contributed by atoms with E-state index in [0.29, 0.717) is 5.75 Å². The van der Waals surface area contributed by atoms with Gasteiger partial charge >= 0.3 is 5.38 Å². The lowest BCUT2D eigenvalue weighted by Crippen LogP contribution is -2.21. The number of ether oxygens (including phenoxy) is 1. The van der Waals surface area contributed by atoms with Gasteiger partial charge in [0.2, 0.25) is 5.78 Å². The predicted molar refractivity (Wildman–Crippen MR) is 55.2 cm³/mol. The number of benzene rings is 1. The average Bonchev–Trinajstić information content (AvgIpc) is 2.99. The number of halogens is 3. The Balaban J connectivity index is 2.17. The lowest BCUT2D eigenvalue weighted by atomic mass is 10.1. The van der Waals surface area contributed by atoms with Crippen LogP contribution in [0.15, 0.2) is 24.3 Å². The summed E-state index contributed by atoms with van der Waals surface area (Å²) in [6, 6.07) is 5.70. The van der Waals surface area contributed by atoms with E-state index in [1.807, 2.05) is 0 Å². The highest BCUT2D eigenvalue weighted by Gasteiger charge is 2.36. The van der Waals surface area contributed by atoms with E-state index in [4.69, 9.17) is 4.74 Å². The van der Waals surface area contributed by atoms with Crippen molar-refractivity contribution in [3.63, 3.8) is 0 Å². The Kier molecular flexibility index (Phi) is 2.84. The largest absolute Gasteiger partial charge is 0.490 e. The number of rotatable bonds is 4. The van der Waals surface area contributed by atoms with Crippen molar-refractivity contribution in [2.24, 2.45) is 0 Å². The summed E-state index contributed by atoms with van der Waals surface area (Å²) in [6.45, 7) is 0. The fraction of sp³-hybridized carbons (Fsp3) is 0.364. The van der Waals surface area contributed by atoms with Crippen molar-refractivity contribution >= 4 is 17.4 Å². The summed E-state index contributed by atoms with van der Waals surface area (Å²) in [6.07, 6.45) is 2.08. The smallest absolute Gasteiger partial charge is 0.384 e. The molecule has 2 rings (SSSR count). The number of carbonyl (C=O) groups is 1. The van der Waals surface area contributed by atoms with Gasteiger partial charge in [-0.3, -0.25) is 4.79 Å². The topological polar surface area (TPSA) is 26.3 Å². The van der Waals surface area contributed by atoms with Gasteiger partial charge in [-0.05, 0) is 36.6 Å². The van der Waals surface area contributed by atoms with Gasteiger partial charge in [-0.1, -0.05) is 12.1 Å². The summed E-state index contributed by atoms with van der Waals surface area (Å²) in [5.74, 6) is -0.982. The van der Waals surface area contributed by atoms with Gasteiger partial charge in [0.15, 0.2) is 0 Å². The zero-order valence-electron chi connectivity index (χ0n) is 8.25. The normalized spacial score (nSPS) is 15.9. The third kappa shape index (κ3) is 2.70. The van der Waals surface area contributed by atoms with E-state index < -0.39 is 11.2 Å². The molecule has 1 fully saturated rings. The number of alkyl halides is 3. The number of Topliss-reactive ketones (excluding diaryl/α,β-unsaturated/α-hetero) is 1. The first kappa shape index (κ1) is 11.3. The number of hydrogen-bond acceptors (Lipinski definition) is 2. The van der Waals surface area contributed by atoms with Crippen LogP contribution in [0.3, 0.4) is 0 Å². The molecule has 1 aliphatic carbocycles. The van der Waals surface area contributed by atoms with E-state index in [1.54, 1.807) is 6.07 Å². The molecule has 0 spiro atoms. The summed E-state index contributed by atoms with van der Waals surface area (Å²) in [4.78, 5) is 11.2. The second-order valence-electron chi connectivity index (χ2n) is 3.67. The van der Waals surface area contributed by atoms with Crippen LogP contribution in [0.2, 0.25) is 0 Å². The van der Waals surface area contributed by atoms with Crippen LogP contribution in [0.5, 0.6) is 5.75 Å². The van der Waals surface area contributed by atoms with Crippen molar-refractivity contribution in [1.29, 1.82) is 0 Å². The minimum absolute atomic E-state index is 0.141. The second-order valence-corrected chi connectivity index (χ2v) is 4.15. The summed E-state index contributed by atoms with van der Waals surface area (Å²) < 4.78 is 30.6. The lowest BCUT2D eigenvalue weighted by molar-refractivity contribution is 0.0536. The molecule has 0 amide bonds. The Morgan fingerprint density at radius 3 is 2.69 bits per heavy atom. The molecule has 86 valence electrons. The van der Waals surface area contributed by atoms with Gasteiger partial charge in [0.25, 0.3) is 0 Å². The maximum atomic E-state index is 12.6. The Hall–Kier alpha value is -1.16. The second kappa shape index (κ2) is 4.01. The fourth-order valence-corrected chi connectivity index (χ4v) is 1.36. The van der Waals surface area contributed by atoms with Crippen LogP contribution in [0.4, 0.5) is 8.78 Å². The van der Waals surface area contributed by atoms with Gasteiger partial charge in [0.1, 0.15) is 5.75 Å². The fourth-order valence-electron chi connectivity index (χ4n) is 1.25. The van der Waals surface area contributed by atoms with Crippen LogP contribution in [0.1, 0.15) is 23.2 Å². The SMILES string of the molecule is O=C(c1cccc(OC2CC2)c1)C(F)(F)Cl. The molecule has 1 aromatic rings. The monoisotopic (exact) mass is 246 g/mol. The van der Waals surface area contributed by atoms with Crippen LogP contribution < -0.4 is 4.74 Å². The highest BCUT2D eigenvalue weighted by molar-refractivity contribution is 6.35. The molecule has 0 bridgehead atoms. The molecular weight excluding hydrogens is 238 g/mol. The van der Waals surface area contributed by atoms with Crippen molar-refractivity contribution in [2.45, 2.75) is 24.3 Å². The summed E-state index contributed by atoms with van der Waals surface area (Å²) in [5, 5.41) is -3.86. The Morgan fingerprint density at radius 2 is 2.12 bits per heavy atom. The van der Waals surface area contributed by atoms with Crippen LogP contribution in [-0.4, -0.2) is 17.3 Å². The highest BCUT2D eigenvalue weighted by atomic mass is 35.5. The van der Waals surface area contributed by atoms with E-state index in [-0.39, 0.29) is 11.7 Å². The maximum Gasteiger partial charge on any atom is 0.384 e. The van der Waals surface area contributed by atoms with Crippen LogP contribution >= 0.6 is 11.6 Å². The molecular formula is C11H9ClF2O2. The molecule has 1 aromatic carbocycles. The van der Waals surface area contributed by atoms with E-state index in [2.05, 4.69) is 11.6 Å². The van der Waals surface area contributed by atoms with E-state index in [0.717, 1.165) is 12.8 Å². The summed E-state index contributed by atoms with van der Waals surface area (Å²) in [5.41, 5.74) is -0.141. The molecule has 0 unspecified atom stereocenters. The molecule has 0 N–H and O–H groups in total. The van der Waals surface area contributed by atoms with Crippen LogP contribution in [0.25, 0.3) is 0 Å². The van der Waals surface area contributed by atoms with Crippen molar-refractivity contribution in [3.8, 4) is 5.75 Å². The summed E-state index contributed by atoms with van der Waals surface area (Å²) >= 11 is 4.66. The molecule has 2 nitrogen and oxygen atoms in total. The molecule has 0 radical (unpaired) electrons. The van der Waals surface area contributed by atoms with Gasteiger partial charge in [-0.2, -0.15) is 8.78 Å². The Labute approximate surface area is 96.2 Å². The molecule has 0 heterocycles. The predicted octanol–water partition coefficient (Wildman–Crippen LogP) is 3.24. The minimum Gasteiger partial charge on any atom is -0.490 e. The first-order valence-electron chi connectivity index (χ1n) is 4.85. The van der Waals surface area contributed by atoms with Gasteiger partial charge in [0, 0.05) is 5.56 Å². The molecule has 0 aromatic heterocycles. The first-order valence-corrected chi connectivity index (χ1v) is 5.23. The number of ketones is 1. The number of hydrogen-bond donors (Lipinski definition) is 0.